The van der Waals surface area contributed by atoms with Crippen molar-refractivity contribution in [3.63, 3.8) is 0 Å². The number of carbonyl (C=O) groups excluding carboxylic acids is 2. The van der Waals surface area contributed by atoms with E-state index in [4.69, 9.17) is 9.15 Å². The number of phenolic OH excluding ortho intramolecular Hbond substituents is 1. The first-order chi connectivity index (χ1) is 15.8. The summed E-state index contributed by atoms with van der Waals surface area (Å²) in [6, 6.07) is 15.5. The van der Waals surface area contributed by atoms with Crippen LogP contribution in [0, 0.1) is 5.92 Å². The molecule has 3 aromatic rings. The van der Waals surface area contributed by atoms with Gasteiger partial charge in [-0.05, 0) is 47.9 Å². The third kappa shape index (κ3) is 4.62. The summed E-state index contributed by atoms with van der Waals surface area (Å²) in [6.07, 6.45) is 1.49. The number of rotatable bonds is 7. The van der Waals surface area contributed by atoms with Crippen molar-refractivity contribution in [2.45, 2.75) is 26.4 Å². The Morgan fingerprint density at radius 1 is 1.09 bits per heavy atom. The maximum absolute atomic E-state index is 13.1. The average Bonchev–Trinajstić information content (AvgIpc) is 3.40. The molecule has 0 bridgehead atoms. The molecule has 1 aliphatic rings. The van der Waals surface area contributed by atoms with Gasteiger partial charge >= 0.3 is 0 Å². The molecule has 33 heavy (non-hydrogen) atoms. The Kier molecular flexibility index (Phi) is 6.22. The lowest BCUT2D eigenvalue weighted by molar-refractivity contribution is -0.140. The van der Waals surface area contributed by atoms with E-state index in [1.54, 1.807) is 48.5 Å². The molecule has 4 rings (SSSR count). The lowest BCUT2D eigenvalue weighted by atomic mass is 9.95. The van der Waals surface area contributed by atoms with Crippen molar-refractivity contribution in [1.82, 2.24) is 4.90 Å². The third-order valence-corrected chi connectivity index (χ3v) is 5.35. The molecule has 2 heterocycles. The average molecular weight is 447 g/mol. The van der Waals surface area contributed by atoms with Crippen LogP contribution >= 0.6 is 0 Å². The van der Waals surface area contributed by atoms with E-state index in [0.29, 0.717) is 35.2 Å². The second-order valence-corrected chi connectivity index (χ2v) is 8.33. The molecule has 1 fully saturated rings. The summed E-state index contributed by atoms with van der Waals surface area (Å²) in [5, 5.41) is 20.9. The Morgan fingerprint density at radius 3 is 2.52 bits per heavy atom. The van der Waals surface area contributed by atoms with Crippen molar-refractivity contribution in [3.8, 4) is 11.5 Å². The van der Waals surface area contributed by atoms with Crippen LogP contribution in [0.1, 0.15) is 36.8 Å². The summed E-state index contributed by atoms with van der Waals surface area (Å²) in [7, 11) is 0. The van der Waals surface area contributed by atoms with Crippen LogP contribution in [0.25, 0.3) is 5.76 Å². The number of Topliss-reactive ketones (excluding diaryl/α,β-unsaturated/α-hetero) is 1. The molecular formula is C26H25NO6. The first-order valence-corrected chi connectivity index (χ1v) is 10.7. The monoisotopic (exact) mass is 447 g/mol. The van der Waals surface area contributed by atoms with Gasteiger partial charge in [0.1, 0.15) is 23.0 Å². The molecule has 170 valence electrons. The number of aliphatic hydroxyl groups is 1. The van der Waals surface area contributed by atoms with Crippen LogP contribution in [0.15, 0.2) is 76.9 Å². The molecule has 1 aliphatic heterocycles. The van der Waals surface area contributed by atoms with Gasteiger partial charge in [-0.3, -0.25) is 9.59 Å². The highest BCUT2D eigenvalue weighted by molar-refractivity contribution is 6.46. The van der Waals surface area contributed by atoms with Crippen LogP contribution in [0.4, 0.5) is 0 Å². The first kappa shape index (κ1) is 22.2. The van der Waals surface area contributed by atoms with Gasteiger partial charge in [-0.2, -0.15) is 0 Å². The molecule has 0 saturated carbocycles. The van der Waals surface area contributed by atoms with Gasteiger partial charge in [-0.1, -0.05) is 38.1 Å². The van der Waals surface area contributed by atoms with Crippen molar-refractivity contribution in [2.24, 2.45) is 5.92 Å². The van der Waals surface area contributed by atoms with Gasteiger partial charge in [0, 0.05) is 5.56 Å². The summed E-state index contributed by atoms with van der Waals surface area (Å²) >= 11 is 0. The molecular weight excluding hydrogens is 422 g/mol. The van der Waals surface area contributed by atoms with Crippen LogP contribution < -0.4 is 4.74 Å². The maximum atomic E-state index is 13.1. The fraction of sp³-hybridized carbons (Fsp3) is 0.231. The largest absolute Gasteiger partial charge is 0.508 e. The third-order valence-electron chi connectivity index (χ3n) is 5.35. The van der Waals surface area contributed by atoms with E-state index in [1.165, 1.54) is 23.3 Å². The number of phenols is 1. The zero-order chi connectivity index (χ0) is 23.5. The zero-order valence-electron chi connectivity index (χ0n) is 18.4. The van der Waals surface area contributed by atoms with Crippen LogP contribution in [-0.2, 0) is 16.1 Å². The number of aromatic hydroxyl groups is 1. The van der Waals surface area contributed by atoms with Gasteiger partial charge in [-0.25, -0.2) is 0 Å². The normalized spacial score (nSPS) is 17.7. The quantitative estimate of drug-likeness (QED) is 0.311. The molecule has 1 amide bonds. The molecule has 1 unspecified atom stereocenters. The smallest absolute Gasteiger partial charge is 0.296 e. The Labute approximate surface area is 191 Å². The Morgan fingerprint density at radius 2 is 1.85 bits per heavy atom. The molecule has 1 aromatic heterocycles. The van der Waals surface area contributed by atoms with Gasteiger partial charge in [-0.15, -0.1) is 0 Å². The molecule has 1 saturated heterocycles. The SMILES string of the molecule is CC(C)COc1cccc(/C(O)=C2/C(=O)C(=O)N(Cc3ccco3)C2c2ccc(O)cc2)c1. The lowest BCUT2D eigenvalue weighted by Gasteiger charge is -2.24. The minimum Gasteiger partial charge on any atom is -0.508 e. The molecule has 0 radical (unpaired) electrons. The Bertz CT molecular complexity index is 1180. The van der Waals surface area contributed by atoms with Crippen LogP contribution in [0.3, 0.4) is 0 Å². The molecule has 2 N–H and O–H groups in total. The van der Waals surface area contributed by atoms with Crippen molar-refractivity contribution in [1.29, 1.82) is 0 Å². The number of ether oxygens (including phenoxy) is 1. The second kappa shape index (κ2) is 9.24. The highest BCUT2D eigenvalue weighted by Crippen LogP contribution is 2.41. The number of nitrogens with zero attached hydrogens (tertiary/aromatic N) is 1. The van der Waals surface area contributed by atoms with Crippen molar-refractivity contribution >= 4 is 17.4 Å². The van der Waals surface area contributed by atoms with Crippen molar-refractivity contribution in [3.05, 3.63) is 89.4 Å². The van der Waals surface area contributed by atoms with Gasteiger partial charge in [0.2, 0.25) is 0 Å². The number of hydrogen-bond donors (Lipinski definition) is 2. The van der Waals surface area contributed by atoms with E-state index in [2.05, 4.69) is 0 Å². The summed E-state index contributed by atoms with van der Waals surface area (Å²) in [5.41, 5.74) is 0.918. The van der Waals surface area contributed by atoms with Crippen LogP contribution in [0.2, 0.25) is 0 Å². The molecule has 7 nitrogen and oxygen atoms in total. The Balaban J connectivity index is 1.79. The van der Waals surface area contributed by atoms with E-state index in [0.717, 1.165) is 0 Å². The summed E-state index contributed by atoms with van der Waals surface area (Å²) in [4.78, 5) is 27.4. The maximum Gasteiger partial charge on any atom is 0.296 e. The van der Waals surface area contributed by atoms with E-state index in [-0.39, 0.29) is 23.6 Å². The fourth-order valence-corrected chi connectivity index (χ4v) is 3.77. The summed E-state index contributed by atoms with van der Waals surface area (Å²) in [6.45, 7) is 4.62. The van der Waals surface area contributed by atoms with Gasteiger partial charge in [0.15, 0.2) is 0 Å². The van der Waals surface area contributed by atoms with Crippen LogP contribution in [-0.4, -0.2) is 33.4 Å². The minimum absolute atomic E-state index is 0.0294. The number of benzene rings is 2. The van der Waals surface area contributed by atoms with Crippen molar-refractivity contribution < 1.29 is 29.0 Å². The molecule has 0 aliphatic carbocycles. The van der Waals surface area contributed by atoms with Crippen LogP contribution in [0.5, 0.6) is 11.5 Å². The number of aliphatic hydroxyl groups excluding tert-OH is 1. The highest BCUT2D eigenvalue weighted by Gasteiger charge is 2.46. The van der Waals surface area contributed by atoms with Crippen molar-refractivity contribution in [2.75, 3.05) is 6.61 Å². The number of amides is 1. The lowest BCUT2D eigenvalue weighted by Crippen LogP contribution is -2.29. The summed E-state index contributed by atoms with van der Waals surface area (Å²) in [5.74, 6) is -0.379. The number of furan rings is 1. The Hall–Kier alpha value is -4.00. The summed E-state index contributed by atoms with van der Waals surface area (Å²) < 4.78 is 11.1. The van der Waals surface area contributed by atoms with Gasteiger partial charge < -0.3 is 24.3 Å². The van der Waals surface area contributed by atoms with E-state index in [1.807, 2.05) is 13.8 Å². The predicted octanol–water partition coefficient (Wildman–Crippen LogP) is 4.64. The standard InChI is InChI=1S/C26H25NO6/c1-16(2)15-33-20-6-3-5-18(13-20)24(29)22-23(17-8-10-19(28)11-9-17)27(26(31)25(22)30)14-21-7-4-12-32-21/h3-13,16,23,28-29H,14-15H2,1-2H3/b24-22-. The minimum atomic E-state index is -0.851. The van der Waals surface area contributed by atoms with Gasteiger partial charge in [0.05, 0.1) is 31.0 Å². The zero-order valence-corrected chi connectivity index (χ0v) is 18.4. The second-order valence-electron chi connectivity index (χ2n) is 8.33. The predicted molar refractivity (Wildman–Crippen MR) is 121 cm³/mol. The number of likely N-dealkylation sites (tertiary alicyclic amines) is 1. The molecule has 7 heteroatoms. The highest BCUT2D eigenvalue weighted by atomic mass is 16.5. The fourth-order valence-electron chi connectivity index (χ4n) is 3.77. The molecule has 1 atom stereocenters. The number of ketones is 1. The van der Waals surface area contributed by atoms with E-state index < -0.39 is 17.7 Å². The van der Waals surface area contributed by atoms with E-state index in [9.17, 15) is 19.8 Å². The number of hydrogen-bond acceptors (Lipinski definition) is 6. The number of carbonyl (C=O) groups is 2. The molecule has 2 aromatic carbocycles. The van der Waals surface area contributed by atoms with E-state index >= 15 is 0 Å². The topological polar surface area (TPSA) is 100 Å². The first-order valence-electron chi connectivity index (χ1n) is 10.7. The van der Waals surface area contributed by atoms with Gasteiger partial charge in [0.25, 0.3) is 11.7 Å². The molecule has 0 spiro atoms.